The number of anilines is 1. The predicted octanol–water partition coefficient (Wildman–Crippen LogP) is 2.41. The zero-order valence-electron chi connectivity index (χ0n) is 15.5. The smallest absolute Gasteiger partial charge is 0.404 e. The first kappa shape index (κ1) is 20.4. The molecular formula is C17H25FN4O3S. The molecule has 1 aliphatic rings. The Bertz CT molecular complexity index is 693. The van der Waals surface area contributed by atoms with E-state index in [4.69, 9.17) is 10.5 Å². The van der Waals surface area contributed by atoms with Gasteiger partial charge in [-0.15, -0.1) is 0 Å². The fourth-order valence-corrected chi connectivity index (χ4v) is 3.24. The Morgan fingerprint density at radius 1 is 1.58 bits per heavy atom. The number of ether oxygens (including phenoxy) is 1. The van der Waals surface area contributed by atoms with Gasteiger partial charge >= 0.3 is 6.09 Å². The normalized spacial score (nSPS) is 19.5. The zero-order valence-corrected chi connectivity index (χ0v) is 16.3. The molecule has 1 aromatic rings. The molecule has 0 saturated carbocycles. The van der Waals surface area contributed by atoms with Crippen LogP contribution in [-0.2, 0) is 16.1 Å². The number of carbonyl (C=O) groups excluding carboxylic acids is 1. The zero-order chi connectivity index (χ0) is 19.5. The molecule has 0 aromatic carbocycles. The van der Waals surface area contributed by atoms with Gasteiger partial charge in [0.2, 0.25) is 0 Å². The van der Waals surface area contributed by atoms with Crippen molar-refractivity contribution in [2.45, 2.75) is 38.9 Å². The molecule has 1 aromatic heterocycles. The number of primary amides is 1. The SMILES string of the molecule is C/C(=N/[S@+]([O-])C(C)(C)C)c1cc(F)cnc1N1CC[C@@H](COC(N)=O)C1. The molecule has 144 valence electrons. The lowest BCUT2D eigenvalue weighted by Gasteiger charge is -2.22. The fraction of sp³-hybridized carbons (Fsp3) is 0.588. The molecule has 2 heterocycles. The van der Waals surface area contributed by atoms with Gasteiger partial charge in [0.25, 0.3) is 0 Å². The van der Waals surface area contributed by atoms with E-state index in [-0.39, 0.29) is 12.5 Å². The van der Waals surface area contributed by atoms with Crippen LogP contribution in [-0.4, -0.2) is 45.8 Å². The first-order valence-corrected chi connectivity index (χ1v) is 9.49. The molecular weight excluding hydrogens is 359 g/mol. The molecule has 0 unspecified atom stereocenters. The molecule has 0 bridgehead atoms. The topological polar surface area (TPSA) is 104 Å². The van der Waals surface area contributed by atoms with Gasteiger partial charge < -0.3 is 19.9 Å². The van der Waals surface area contributed by atoms with Crippen molar-refractivity contribution in [3.8, 4) is 0 Å². The summed E-state index contributed by atoms with van der Waals surface area (Å²) in [6, 6.07) is 1.36. The second-order valence-electron chi connectivity index (χ2n) is 7.29. The number of nitrogens with two attached hydrogens (primary N) is 1. The molecule has 2 atom stereocenters. The van der Waals surface area contributed by atoms with E-state index in [2.05, 4.69) is 9.38 Å². The summed E-state index contributed by atoms with van der Waals surface area (Å²) < 4.78 is 34.7. The Balaban J connectivity index is 2.23. The maximum absolute atomic E-state index is 13.8. The maximum Gasteiger partial charge on any atom is 0.404 e. The van der Waals surface area contributed by atoms with E-state index in [9.17, 15) is 13.7 Å². The van der Waals surface area contributed by atoms with E-state index in [0.717, 1.165) is 12.6 Å². The highest BCUT2D eigenvalue weighted by Gasteiger charge is 2.29. The number of amides is 1. The predicted molar refractivity (Wildman–Crippen MR) is 100 cm³/mol. The second kappa shape index (κ2) is 8.22. The van der Waals surface area contributed by atoms with Crippen LogP contribution in [0.3, 0.4) is 0 Å². The van der Waals surface area contributed by atoms with E-state index in [0.29, 0.717) is 30.2 Å². The van der Waals surface area contributed by atoms with E-state index < -0.39 is 28.0 Å². The summed E-state index contributed by atoms with van der Waals surface area (Å²) in [6.45, 7) is 8.72. The Kier molecular flexibility index (Phi) is 6.46. The monoisotopic (exact) mass is 384 g/mol. The summed E-state index contributed by atoms with van der Waals surface area (Å²) >= 11 is -1.45. The highest BCUT2D eigenvalue weighted by Crippen LogP contribution is 2.27. The highest BCUT2D eigenvalue weighted by atomic mass is 32.2. The average molecular weight is 384 g/mol. The minimum Gasteiger partial charge on any atom is -0.591 e. The third kappa shape index (κ3) is 5.31. The molecule has 0 spiro atoms. The van der Waals surface area contributed by atoms with Crippen molar-refractivity contribution in [3.63, 3.8) is 0 Å². The molecule has 2 N–H and O–H groups in total. The van der Waals surface area contributed by atoms with E-state index in [1.165, 1.54) is 6.07 Å². The van der Waals surface area contributed by atoms with Crippen LogP contribution in [0.15, 0.2) is 16.7 Å². The third-order valence-electron chi connectivity index (χ3n) is 4.01. The molecule has 7 nitrogen and oxygen atoms in total. The number of rotatable bonds is 5. The lowest BCUT2D eigenvalue weighted by molar-refractivity contribution is 0.140. The quantitative estimate of drug-likeness (QED) is 0.620. The number of carbonyl (C=O) groups is 1. The van der Waals surface area contributed by atoms with Crippen LogP contribution in [0.2, 0.25) is 0 Å². The first-order chi connectivity index (χ1) is 12.1. The molecule has 1 saturated heterocycles. The summed E-state index contributed by atoms with van der Waals surface area (Å²) in [6.07, 6.45) is 1.16. The van der Waals surface area contributed by atoms with Crippen molar-refractivity contribution in [2.24, 2.45) is 16.0 Å². The van der Waals surface area contributed by atoms with E-state index in [1.54, 1.807) is 6.92 Å². The lowest BCUT2D eigenvalue weighted by atomic mass is 10.1. The van der Waals surface area contributed by atoms with Crippen LogP contribution < -0.4 is 10.6 Å². The lowest BCUT2D eigenvalue weighted by Crippen LogP contribution is -2.28. The summed E-state index contributed by atoms with van der Waals surface area (Å²) in [4.78, 5) is 17.0. The average Bonchev–Trinajstić information content (AvgIpc) is 3.00. The number of pyridine rings is 1. The summed E-state index contributed by atoms with van der Waals surface area (Å²) in [5.41, 5.74) is 5.99. The number of hydrogen-bond donors (Lipinski definition) is 1. The van der Waals surface area contributed by atoms with Gasteiger partial charge in [0.15, 0.2) is 0 Å². The number of nitrogens with zero attached hydrogens (tertiary/aromatic N) is 3. The molecule has 26 heavy (non-hydrogen) atoms. The maximum atomic E-state index is 13.8. The van der Waals surface area contributed by atoms with Gasteiger partial charge in [0.05, 0.1) is 18.5 Å². The Morgan fingerprint density at radius 3 is 2.88 bits per heavy atom. The van der Waals surface area contributed by atoms with Gasteiger partial charge in [-0.2, -0.15) is 0 Å². The molecule has 1 aliphatic heterocycles. The second-order valence-corrected chi connectivity index (χ2v) is 9.20. The van der Waals surface area contributed by atoms with Gasteiger partial charge in [-0.25, -0.2) is 14.2 Å². The Labute approximate surface area is 156 Å². The van der Waals surface area contributed by atoms with Gasteiger partial charge in [0, 0.05) is 24.6 Å². The van der Waals surface area contributed by atoms with Gasteiger partial charge in [0.1, 0.15) is 27.7 Å². The largest absolute Gasteiger partial charge is 0.591 e. The Hall–Kier alpha value is -1.87. The van der Waals surface area contributed by atoms with Gasteiger partial charge in [-0.05, 0) is 40.2 Å². The Morgan fingerprint density at radius 2 is 2.27 bits per heavy atom. The van der Waals surface area contributed by atoms with Crippen LogP contribution in [0, 0.1) is 11.7 Å². The molecule has 0 radical (unpaired) electrons. The number of aromatic nitrogens is 1. The van der Waals surface area contributed by atoms with E-state index in [1.807, 2.05) is 25.7 Å². The van der Waals surface area contributed by atoms with Crippen molar-refractivity contribution < 1.29 is 18.5 Å². The standard InChI is InChI=1S/C17H25FN4O3S/c1-11(21-26(24)17(2,3)4)14-7-13(18)8-20-15(14)22-6-5-12(9-22)10-25-16(19)23/h7-8,12H,5-6,9-10H2,1-4H3,(H2,19,23)/b21-11-/t12-,26-/m1/s1. The van der Waals surface area contributed by atoms with Crippen molar-refractivity contribution in [2.75, 3.05) is 24.6 Å². The van der Waals surface area contributed by atoms with Crippen molar-refractivity contribution in [1.82, 2.24) is 4.98 Å². The van der Waals surface area contributed by atoms with Gasteiger partial charge in [-0.3, -0.25) is 0 Å². The highest BCUT2D eigenvalue weighted by molar-refractivity contribution is 7.91. The van der Waals surface area contributed by atoms with Crippen LogP contribution in [0.5, 0.6) is 0 Å². The van der Waals surface area contributed by atoms with Crippen molar-refractivity contribution in [1.29, 1.82) is 0 Å². The summed E-state index contributed by atoms with van der Waals surface area (Å²) in [7, 11) is 0. The molecule has 9 heteroatoms. The van der Waals surface area contributed by atoms with Crippen molar-refractivity contribution in [3.05, 3.63) is 23.6 Å². The molecule has 1 amide bonds. The molecule has 2 rings (SSSR count). The van der Waals surface area contributed by atoms with Crippen LogP contribution >= 0.6 is 0 Å². The summed E-state index contributed by atoms with van der Waals surface area (Å²) in [5.74, 6) is 0.232. The minimum atomic E-state index is -1.45. The number of halogens is 1. The molecule has 0 aliphatic carbocycles. The van der Waals surface area contributed by atoms with Crippen molar-refractivity contribution >= 4 is 29.0 Å². The van der Waals surface area contributed by atoms with Crippen LogP contribution in [0.1, 0.15) is 39.7 Å². The van der Waals surface area contributed by atoms with Crippen LogP contribution in [0.4, 0.5) is 15.0 Å². The summed E-state index contributed by atoms with van der Waals surface area (Å²) in [5, 5.41) is 0. The fourth-order valence-electron chi connectivity index (χ4n) is 2.62. The number of hydrogen-bond acceptors (Lipinski definition) is 6. The third-order valence-corrected chi connectivity index (χ3v) is 5.50. The van der Waals surface area contributed by atoms with Crippen LogP contribution in [0.25, 0.3) is 0 Å². The minimum absolute atomic E-state index is 0.128. The van der Waals surface area contributed by atoms with Gasteiger partial charge in [-0.1, -0.05) is 4.40 Å². The first-order valence-electron chi connectivity index (χ1n) is 8.38. The van der Waals surface area contributed by atoms with E-state index >= 15 is 0 Å². The molecule has 1 fully saturated rings.